The Morgan fingerprint density at radius 2 is 1.95 bits per heavy atom. The molecule has 3 heteroatoms. The fraction of sp³-hybridized carbons (Fsp3) is 0.562. The van der Waals surface area contributed by atoms with Gasteiger partial charge in [-0.15, -0.1) is 0 Å². The largest absolute Gasteiger partial charge is 0.456 e. The molecule has 1 aromatic rings. The molecule has 1 N–H and O–H groups in total. The highest BCUT2D eigenvalue weighted by molar-refractivity contribution is 5.89. The number of hydrogen-bond donors (Lipinski definition) is 1. The average Bonchev–Trinajstić information content (AvgIpc) is 2.38. The summed E-state index contributed by atoms with van der Waals surface area (Å²) >= 11 is 0. The summed E-state index contributed by atoms with van der Waals surface area (Å²) in [6.07, 6.45) is 4.97. The summed E-state index contributed by atoms with van der Waals surface area (Å²) < 4.78 is 5.49. The van der Waals surface area contributed by atoms with Crippen molar-refractivity contribution in [3.8, 4) is 0 Å². The Morgan fingerprint density at radius 3 is 2.68 bits per heavy atom. The maximum absolute atomic E-state index is 12.1. The number of rotatable bonds is 2. The molecule has 0 heterocycles. The van der Waals surface area contributed by atoms with E-state index in [9.17, 15) is 9.90 Å². The zero-order chi connectivity index (χ0) is 13.7. The number of esters is 1. The van der Waals surface area contributed by atoms with Crippen LogP contribution in [-0.2, 0) is 4.74 Å². The first kappa shape index (κ1) is 14.1. The summed E-state index contributed by atoms with van der Waals surface area (Å²) in [5.74, 6) is -0.326. The first-order chi connectivity index (χ1) is 9.16. The fourth-order valence-electron chi connectivity index (χ4n) is 2.55. The van der Waals surface area contributed by atoms with Crippen LogP contribution in [0.1, 0.15) is 54.4 Å². The highest BCUT2D eigenvalue weighted by Crippen LogP contribution is 2.21. The summed E-state index contributed by atoms with van der Waals surface area (Å²) in [6.45, 7) is 1.95. The second-order valence-corrected chi connectivity index (χ2v) is 5.37. The number of carbonyl (C=O) groups is 1. The normalized spacial score (nSPS) is 24.3. The average molecular weight is 262 g/mol. The van der Waals surface area contributed by atoms with Crippen molar-refractivity contribution in [3.63, 3.8) is 0 Å². The SMILES string of the molecule is Cc1cccc(C(=O)O[C@H]2CCCCCC[C@H]2O)c1. The van der Waals surface area contributed by atoms with E-state index in [1.165, 1.54) is 0 Å². The second-order valence-electron chi connectivity index (χ2n) is 5.37. The van der Waals surface area contributed by atoms with Crippen LogP contribution in [0.2, 0.25) is 0 Å². The van der Waals surface area contributed by atoms with E-state index in [-0.39, 0.29) is 12.1 Å². The van der Waals surface area contributed by atoms with E-state index >= 15 is 0 Å². The molecule has 104 valence electrons. The molecule has 0 aliphatic heterocycles. The van der Waals surface area contributed by atoms with Crippen LogP contribution in [0.15, 0.2) is 24.3 Å². The van der Waals surface area contributed by atoms with Gasteiger partial charge in [-0.05, 0) is 38.3 Å². The Hall–Kier alpha value is -1.35. The topological polar surface area (TPSA) is 46.5 Å². The molecule has 1 aliphatic rings. The van der Waals surface area contributed by atoms with Gasteiger partial charge in [-0.3, -0.25) is 0 Å². The third kappa shape index (κ3) is 4.06. The van der Waals surface area contributed by atoms with E-state index in [1.807, 2.05) is 25.1 Å². The van der Waals surface area contributed by atoms with Gasteiger partial charge < -0.3 is 9.84 Å². The van der Waals surface area contributed by atoms with Crippen LogP contribution >= 0.6 is 0 Å². The number of ether oxygens (including phenoxy) is 1. The number of aliphatic hydroxyl groups excluding tert-OH is 1. The molecule has 1 aromatic carbocycles. The molecule has 0 saturated heterocycles. The standard InChI is InChI=1S/C16H22O3/c1-12-7-6-8-13(11-12)16(18)19-15-10-5-3-2-4-9-14(15)17/h6-8,11,14-15,17H,2-5,9-10H2,1H3/t14-,15+/m1/s1. The molecule has 1 fully saturated rings. The van der Waals surface area contributed by atoms with E-state index in [0.29, 0.717) is 5.56 Å². The summed E-state index contributed by atoms with van der Waals surface area (Å²) in [5, 5.41) is 10.0. The molecule has 1 saturated carbocycles. The lowest BCUT2D eigenvalue weighted by atomic mass is 9.96. The van der Waals surface area contributed by atoms with Gasteiger partial charge in [-0.25, -0.2) is 4.79 Å². The summed E-state index contributed by atoms with van der Waals surface area (Å²) in [4.78, 5) is 12.1. The monoisotopic (exact) mass is 262 g/mol. The lowest BCUT2D eigenvalue weighted by molar-refractivity contribution is -0.0282. The van der Waals surface area contributed by atoms with Crippen LogP contribution in [0.25, 0.3) is 0 Å². The molecular formula is C16H22O3. The molecule has 2 rings (SSSR count). The van der Waals surface area contributed by atoms with Gasteiger partial charge in [-0.2, -0.15) is 0 Å². The number of hydrogen-bond acceptors (Lipinski definition) is 3. The quantitative estimate of drug-likeness (QED) is 0.832. The number of carbonyl (C=O) groups excluding carboxylic acids is 1. The predicted octanol–water partition coefficient (Wildman–Crippen LogP) is 3.24. The molecule has 0 bridgehead atoms. The summed E-state index contributed by atoms with van der Waals surface area (Å²) in [7, 11) is 0. The van der Waals surface area contributed by atoms with Crippen molar-refractivity contribution in [2.45, 2.75) is 57.7 Å². The molecule has 1 aliphatic carbocycles. The Kier molecular flexibility index (Phi) is 4.97. The van der Waals surface area contributed by atoms with Crippen LogP contribution in [-0.4, -0.2) is 23.3 Å². The molecular weight excluding hydrogens is 240 g/mol. The van der Waals surface area contributed by atoms with E-state index in [0.717, 1.165) is 44.1 Å². The fourth-order valence-corrected chi connectivity index (χ4v) is 2.55. The maximum atomic E-state index is 12.1. The van der Waals surface area contributed by atoms with Gasteiger partial charge in [0.25, 0.3) is 0 Å². The van der Waals surface area contributed by atoms with Crippen LogP contribution in [0.5, 0.6) is 0 Å². The second kappa shape index (κ2) is 6.71. The maximum Gasteiger partial charge on any atom is 0.338 e. The highest BCUT2D eigenvalue weighted by Gasteiger charge is 2.24. The third-order valence-electron chi connectivity index (χ3n) is 3.68. The minimum absolute atomic E-state index is 0.326. The van der Waals surface area contributed by atoms with Crippen molar-refractivity contribution in [3.05, 3.63) is 35.4 Å². The van der Waals surface area contributed by atoms with Gasteiger partial charge in [0.2, 0.25) is 0 Å². The molecule has 2 atom stereocenters. The number of aryl methyl sites for hydroxylation is 1. The lowest BCUT2D eigenvalue weighted by Crippen LogP contribution is -2.32. The Bertz CT molecular complexity index is 428. The van der Waals surface area contributed by atoms with E-state index in [1.54, 1.807) is 6.07 Å². The zero-order valence-electron chi connectivity index (χ0n) is 11.5. The van der Waals surface area contributed by atoms with Crippen LogP contribution in [0.3, 0.4) is 0 Å². The summed E-state index contributed by atoms with van der Waals surface area (Å²) in [5.41, 5.74) is 1.60. The third-order valence-corrected chi connectivity index (χ3v) is 3.68. The molecule has 0 spiro atoms. The van der Waals surface area contributed by atoms with Crippen molar-refractivity contribution in [1.29, 1.82) is 0 Å². The van der Waals surface area contributed by atoms with Crippen molar-refractivity contribution >= 4 is 5.97 Å². The molecule has 0 aromatic heterocycles. The number of benzene rings is 1. The zero-order valence-corrected chi connectivity index (χ0v) is 11.5. The minimum Gasteiger partial charge on any atom is -0.456 e. The Labute approximate surface area is 114 Å². The first-order valence-corrected chi connectivity index (χ1v) is 7.12. The molecule has 0 unspecified atom stereocenters. The van der Waals surface area contributed by atoms with Crippen molar-refractivity contribution < 1.29 is 14.6 Å². The minimum atomic E-state index is -0.519. The van der Waals surface area contributed by atoms with Gasteiger partial charge in [0.1, 0.15) is 6.10 Å². The van der Waals surface area contributed by atoms with Crippen LogP contribution < -0.4 is 0 Å². The molecule has 19 heavy (non-hydrogen) atoms. The lowest BCUT2D eigenvalue weighted by Gasteiger charge is -2.25. The molecule has 0 amide bonds. The van der Waals surface area contributed by atoms with E-state index in [2.05, 4.69) is 0 Å². The Balaban J connectivity index is 2.00. The van der Waals surface area contributed by atoms with E-state index in [4.69, 9.17) is 4.74 Å². The molecule has 0 radical (unpaired) electrons. The van der Waals surface area contributed by atoms with Gasteiger partial charge in [0.05, 0.1) is 11.7 Å². The summed E-state index contributed by atoms with van der Waals surface area (Å²) in [6, 6.07) is 7.37. The van der Waals surface area contributed by atoms with Crippen molar-refractivity contribution in [2.24, 2.45) is 0 Å². The first-order valence-electron chi connectivity index (χ1n) is 7.12. The van der Waals surface area contributed by atoms with Gasteiger partial charge in [-0.1, -0.05) is 37.0 Å². The predicted molar refractivity (Wildman–Crippen MR) is 74.1 cm³/mol. The van der Waals surface area contributed by atoms with Gasteiger partial charge >= 0.3 is 5.97 Å². The van der Waals surface area contributed by atoms with Gasteiger partial charge in [0, 0.05) is 0 Å². The van der Waals surface area contributed by atoms with E-state index < -0.39 is 6.10 Å². The van der Waals surface area contributed by atoms with Crippen LogP contribution in [0.4, 0.5) is 0 Å². The van der Waals surface area contributed by atoms with Crippen LogP contribution in [0, 0.1) is 6.92 Å². The number of aliphatic hydroxyl groups is 1. The van der Waals surface area contributed by atoms with Crippen molar-refractivity contribution in [1.82, 2.24) is 0 Å². The smallest absolute Gasteiger partial charge is 0.338 e. The highest BCUT2D eigenvalue weighted by atomic mass is 16.6. The van der Waals surface area contributed by atoms with Crippen molar-refractivity contribution in [2.75, 3.05) is 0 Å². The van der Waals surface area contributed by atoms with Gasteiger partial charge in [0.15, 0.2) is 0 Å². The molecule has 3 nitrogen and oxygen atoms in total. The Morgan fingerprint density at radius 1 is 1.21 bits per heavy atom.